The fourth-order valence-corrected chi connectivity index (χ4v) is 4.07. The van der Waals surface area contributed by atoms with Gasteiger partial charge in [0, 0.05) is 19.2 Å². The minimum Gasteiger partial charge on any atom is -0.466 e. The SMILES string of the molecule is CCOC(=O)CCC(NC(=O)c1cnc(NCc2cnc3nc(N)nc(N)c3c2C)s1)C(=O)OCC.S. The fraction of sp³-hybridized carbons (Fsp3) is 0.409. The fourth-order valence-electron chi connectivity index (χ4n) is 3.36. The van der Waals surface area contributed by atoms with Gasteiger partial charge in [-0.15, -0.1) is 0 Å². The topological polar surface area (TPSA) is 197 Å². The van der Waals surface area contributed by atoms with E-state index in [1.165, 1.54) is 6.20 Å². The van der Waals surface area contributed by atoms with Crippen LogP contribution < -0.4 is 22.1 Å². The van der Waals surface area contributed by atoms with Gasteiger partial charge in [-0.2, -0.15) is 23.5 Å². The van der Waals surface area contributed by atoms with E-state index < -0.39 is 23.9 Å². The molecule has 0 aromatic carbocycles. The molecule has 0 fully saturated rings. The van der Waals surface area contributed by atoms with Gasteiger partial charge in [0.2, 0.25) is 5.95 Å². The Labute approximate surface area is 224 Å². The molecule has 0 aliphatic carbocycles. The number of nitrogens with zero attached hydrogens (tertiary/aromatic N) is 4. The number of aryl methyl sites for hydroxylation is 1. The molecule has 15 heteroatoms. The summed E-state index contributed by atoms with van der Waals surface area (Å²) in [6.07, 6.45) is 3.08. The summed E-state index contributed by atoms with van der Waals surface area (Å²) in [5.41, 5.74) is 13.7. The Balaban J connectivity index is 0.00000481. The number of nitrogens with one attached hydrogen (secondary N) is 2. The number of carbonyl (C=O) groups is 3. The Bertz CT molecular complexity index is 1270. The van der Waals surface area contributed by atoms with Gasteiger partial charge in [-0.1, -0.05) is 11.3 Å². The molecule has 0 bridgehead atoms. The van der Waals surface area contributed by atoms with Crippen LogP contribution in [0, 0.1) is 6.92 Å². The van der Waals surface area contributed by atoms with Crippen LogP contribution in [0.25, 0.3) is 11.0 Å². The second kappa shape index (κ2) is 13.5. The van der Waals surface area contributed by atoms with Crippen molar-refractivity contribution in [3.05, 3.63) is 28.4 Å². The molecule has 1 unspecified atom stereocenters. The number of thiazole rings is 1. The van der Waals surface area contributed by atoms with Crippen molar-refractivity contribution in [2.75, 3.05) is 30.0 Å². The van der Waals surface area contributed by atoms with Gasteiger partial charge in [0.05, 0.1) is 24.8 Å². The number of nitrogens with two attached hydrogens (primary N) is 2. The van der Waals surface area contributed by atoms with E-state index in [9.17, 15) is 14.4 Å². The third-order valence-corrected chi connectivity index (χ3v) is 6.07. The Morgan fingerprint density at radius 2 is 1.81 bits per heavy atom. The van der Waals surface area contributed by atoms with Crippen molar-refractivity contribution in [2.45, 2.75) is 46.2 Å². The summed E-state index contributed by atoms with van der Waals surface area (Å²) in [6.45, 7) is 5.97. The molecule has 1 atom stereocenters. The van der Waals surface area contributed by atoms with Crippen molar-refractivity contribution >= 4 is 70.6 Å². The summed E-state index contributed by atoms with van der Waals surface area (Å²) in [5, 5.41) is 6.87. The smallest absolute Gasteiger partial charge is 0.328 e. The van der Waals surface area contributed by atoms with Crippen LogP contribution in [-0.4, -0.2) is 57.0 Å². The molecule has 0 aliphatic heterocycles. The van der Waals surface area contributed by atoms with Crippen molar-refractivity contribution in [1.82, 2.24) is 25.3 Å². The number of hydrogen-bond donors (Lipinski definition) is 4. The number of ether oxygens (including phenoxy) is 2. The van der Waals surface area contributed by atoms with E-state index in [0.29, 0.717) is 22.7 Å². The highest BCUT2D eigenvalue weighted by Gasteiger charge is 2.25. The summed E-state index contributed by atoms with van der Waals surface area (Å²) in [6, 6.07) is -0.992. The number of hydrogen-bond acceptors (Lipinski definition) is 13. The predicted molar refractivity (Wildman–Crippen MR) is 144 cm³/mol. The first-order chi connectivity index (χ1) is 17.2. The van der Waals surface area contributed by atoms with Gasteiger partial charge in [0.25, 0.3) is 5.91 Å². The van der Waals surface area contributed by atoms with Crippen molar-refractivity contribution in [3.63, 3.8) is 0 Å². The lowest BCUT2D eigenvalue weighted by atomic mass is 10.1. The average molecular weight is 551 g/mol. The first-order valence-electron chi connectivity index (χ1n) is 11.2. The van der Waals surface area contributed by atoms with Crippen molar-refractivity contribution in [2.24, 2.45) is 0 Å². The number of aromatic nitrogens is 4. The van der Waals surface area contributed by atoms with Gasteiger partial charge in [-0.3, -0.25) is 9.59 Å². The first kappa shape index (κ1) is 29.5. The van der Waals surface area contributed by atoms with Crippen LogP contribution >= 0.6 is 24.8 Å². The standard InChI is InChI=1S/C22H28N8O5S.H2S/c1-4-34-15(31)7-6-13(20(33)35-5-2)28-19(32)14-10-27-22(36-14)26-9-12-8-25-18-16(11(12)3)17(23)29-21(24)30-18;/h8,10,13H,4-7,9H2,1-3H3,(H,26,27)(H,28,32)(H4,23,24,25,29,30);1H2. The molecule has 0 saturated carbocycles. The Kier molecular flexibility index (Phi) is 10.8. The molecule has 6 N–H and O–H groups in total. The molecule has 0 aliphatic rings. The maximum Gasteiger partial charge on any atom is 0.328 e. The van der Waals surface area contributed by atoms with E-state index in [2.05, 4.69) is 30.6 Å². The van der Waals surface area contributed by atoms with Crippen LogP contribution in [0.4, 0.5) is 16.9 Å². The molecule has 3 aromatic heterocycles. The molecule has 13 nitrogen and oxygen atoms in total. The molecule has 3 heterocycles. The highest BCUT2D eigenvalue weighted by Crippen LogP contribution is 2.25. The molecule has 200 valence electrons. The van der Waals surface area contributed by atoms with Gasteiger partial charge in [0.15, 0.2) is 10.8 Å². The van der Waals surface area contributed by atoms with E-state index in [-0.39, 0.29) is 56.2 Å². The molecule has 3 aromatic rings. The number of amides is 1. The second-order valence-electron chi connectivity index (χ2n) is 7.58. The first-order valence-corrected chi connectivity index (χ1v) is 12.0. The van der Waals surface area contributed by atoms with Crippen molar-refractivity contribution in [1.29, 1.82) is 0 Å². The van der Waals surface area contributed by atoms with Crippen LogP contribution in [-0.2, 0) is 25.6 Å². The van der Waals surface area contributed by atoms with Gasteiger partial charge >= 0.3 is 11.9 Å². The van der Waals surface area contributed by atoms with E-state index >= 15 is 0 Å². The quantitative estimate of drug-likeness (QED) is 0.252. The minimum atomic E-state index is -0.992. The number of rotatable bonds is 11. The van der Waals surface area contributed by atoms with E-state index in [4.69, 9.17) is 20.9 Å². The van der Waals surface area contributed by atoms with Crippen molar-refractivity contribution < 1.29 is 23.9 Å². The molecule has 3 rings (SSSR count). The zero-order valence-corrected chi connectivity index (χ0v) is 22.5. The summed E-state index contributed by atoms with van der Waals surface area (Å²) >= 11 is 1.11. The lowest BCUT2D eigenvalue weighted by Crippen LogP contribution is -2.42. The maximum absolute atomic E-state index is 12.7. The Hall–Kier alpha value is -3.72. The normalized spacial score (nSPS) is 11.3. The summed E-state index contributed by atoms with van der Waals surface area (Å²) in [5.74, 6) is -1.29. The van der Waals surface area contributed by atoms with Gasteiger partial charge in [0.1, 0.15) is 16.7 Å². The Morgan fingerprint density at radius 1 is 1.08 bits per heavy atom. The molecule has 0 spiro atoms. The number of pyridine rings is 1. The van der Waals surface area contributed by atoms with E-state index in [1.54, 1.807) is 20.0 Å². The average Bonchev–Trinajstić information content (AvgIpc) is 3.30. The number of carbonyl (C=O) groups excluding carboxylic acids is 3. The highest BCUT2D eigenvalue weighted by atomic mass is 32.1. The van der Waals surface area contributed by atoms with Crippen LogP contribution in [0.1, 0.15) is 47.5 Å². The van der Waals surface area contributed by atoms with Gasteiger partial charge < -0.3 is 31.6 Å². The summed E-state index contributed by atoms with van der Waals surface area (Å²) < 4.78 is 9.91. The number of nitrogen functional groups attached to an aromatic ring is 2. The zero-order valence-electron chi connectivity index (χ0n) is 20.7. The van der Waals surface area contributed by atoms with Crippen LogP contribution in [0.5, 0.6) is 0 Å². The highest BCUT2D eigenvalue weighted by molar-refractivity contribution is 7.59. The van der Waals surface area contributed by atoms with Gasteiger partial charge in [-0.25, -0.2) is 14.8 Å². The molecular formula is C22H30N8O5S2. The monoisotopic (exact) mass is 550 g/mol. The molecule has 1 amide bonds. The number of fused-ring (bicyclic) bond motifs is 1. The molecule has 0 saturated heterocycles. The lowest BCUT2D eigenvalue weighted by Gasteiger charge is -2.16. The predicted octanol–water partition coefficient (Wildman–Crippen LogP) is 1.68. The van der Waals surface area contributed by atoms with Crippen LogP contribution in [0.15, 0.2) is 12.4 Å². The lowest BCUT2D eigenvalue weighted by molar-refractivity contribution is -0.146. The largest absolute Gasteiger partial charge is 0.466 e. The van der Waals surface area contributed by atoms with Crippen LogP contribution in [0.2, 0.25) is 0 Å². The molecular weight excluding hydrogens is 520 g/mol. The number of esters is 2. The molecule has 37 heavy (non-hydrogen) atoms. The maximum atomic E-state index is 12.7. The summed E-state index contributed by atoms with van der Waals surface area (Å²) in [4.78, 5) is 53.6. The molecule has 0 radical (unpaired) electrons. The van der Waals surface area contributed by atoms with Crippen LogP contribution in [0.3, 0.4) is 0 Å². The number of anilines is 3. The zero-order chi connectivity index (χ0) is 26.2. The summed E-state index contributed by atoms with van der Waals surface area (Å²) in [7, 11) is 0. The third kappa shape index (κ3) is 7.63. The van der Waals surface area contributed by atoms with Gasteiger partial charge in [-0.05, 0) is 38.3 Å². The Morgan fingerprint density at radius 3 is 2.51 bits per heavy atom. The van der Waals surface area contributed by atoms with Crippen molar-refractivity contribution in [3.8, 4) is 0 Å². The second-order valence-corrected chi connectivity index (χ2v) is 8.61. The minimum absolute atomic E-state index is 0. The third-order valence-electron chi connectivity index (χ3n) is 5.11. The van der Waals surface area contributed by atoms with E-state index in [0.717, 1.165) is 22.5 Å². The van der Waals surface area contributed by atoms with E-state index in [1.807, 2.05) is 6.92 Å².